The van der Waals surface area contributed by atoms with E-state index in [9.17, 15) is 5.26 Å². The van der Waals surface area contributed by atoms with Gasteiger partial charge in [0, 0.05) is 10.8 Å². The molecular formula is C45H28N4Si. The molecule has 0 bridgehead atoms. The van der Waals surface area contributed by atoms with Gasteiger partial charge in [0.25, 0.3) is 0 Å². The van der Waals surface area contributed by atoms with E-state index >= 15 is 0 Å². The van der Waals surface area contributed by atoms with Gasteiger partial charge in [-0.2, -0.15) is 5.26 Å². The Morgan fingerprint density at radius 2 is 1.10 bits per heavy atom. The summed E-state index contributed by atoms with van der Waals surface area (Å²) < 4.78 is 2.12. The summed E-state index contributed by atoms with van der Waals surface area (Å²) in [5.41, 5.74) is 5.96. The van der Waals surface area contributed by atoms with Gasteiger partial charge in [-0.3, -0.25) is 0 Å². The van der Waals surface area contributed by atoms with E-state index in [4.69, 9.17) is 13.1 Å². The first-order chi connectivity index (χ1) is 24.7. The predicted molar refractivity (Wildman–Crippen MR) is 207 cm³/mol. The molecule has 7 aromatic carbocycles. The monoisotopic (exact) mass is 652 g/mol. The molecule has 0 saturated carbocycles. The SMILES string of the molecule is [C-]#[N+]c1ccc(-c2c([N+]#[C-])cccc2[Si](c2ccccc2)(c2ccccc2)c2ccccc2)cc1-n1c2ccccc2c2cc(C#N)ccc21. The Kier molecular flexibility index (Phi) is 7.63. The van der Waals surface area contributed by atoms with E-state index in [1.807, 2.05) is 54.6 Å². The molecule has 0 aliphatic rings. The van der Waals surface area contributed by atoms with Gasteiger partial charge in [0.05, 0.1) is 41.5 Å². The van der Waals surface area contributed by atoms with E-state index in [1.54, 1.807) is 0 Å². The Balaban J connectivity index is 1.49. The molecule has 0 atom stereocenters. The average Bonchev–Trinajstić information content (AvgIpc) is 3.52. The highest BCUT2D eigenvalue weighted by Gasteiger charge is 2.43. The van der Waals surface area contributed by atoms with Crippen molar-refractivity contribution in [2.75, 3.05) is 0 Å². The van der Waals surface area contributed by atoms with Crippen LogP contribution < -0.4 is 20.7 Å². The lowest BCUT2D eigenvalue weighted by molar-refractivity contribution is 1.19. The summed E-state index contributed by atoms with van der Waals surface area (Å²) in [6.07, 6.45) is 0. The van der Waals surface area contributed by atoms with E-state index in [-0.39, 0.29) is 0 Å². The minimum atomic E-state index is -3.02. The van der Waals surface area contributed by atoms with Crippen molar-refractivity contribution in [3.63, 3.8) is 0 Å². The molecular weight excluding hydrogens is 625 g/mol. The molecule has 0 unspecified atom stereocenters. The predicted octanol–water partition coefficient (Wildman–Crippen LogP) is 8.80. The highest BCUT2D eigenvalue weighted by atomic mass is 28.3. The normalized spacial score (nSPS) is 11.1. The van der Waals surface area contributed by atoms with E-state index in [0.29, 0.717) is 16.9 Å². The van der Waals surface area contributed by atoms with Gasteiger partial charge in [-0.25, -0.2) is 9.69 Å². The maximum absolute atomic E-state index is 9.71. The van der Waals surface area contributed by atoms with E-state index < -0.39 is 8.07 Å². The number of rotatable bonds is 6. The molecule has 0 aliphatic heterocycles. The van der Waals surface area contributed by atoms with Crippen LogP contribution >= 0.6 is 0 Å². The molecule has 4 nitrogen and oxygen atoms in total. The minimum Gasteiger partial charge on any atom is -0.319 e. The second kappa shape index (κ2) is 12.6. The molecule has 8 rings (SSSR count). The summed E-state index contributed by atoms with van der Waals surface area (Å²) in [4.78, 5) is 8.12. The van der Waals surface area contributed by atoms with Crippen LogP contribution in [0.25, 0.3) is 48.3 Å². The summed E-state index contributed by atoms with van der Waals surface area (Å²) in [6, 6.07) is 60.3. The first-order valence-electron chi connectivity index (χ1n) is 16.3. The molecule has 8 aromatic rings. The molecule has 5 heteroatoms. The van der Waals surface area contributed by atoms with Gasteiger partial charge < -0.3 is 4.57 Å². The number of nitriles is 1. The number of benzene rings is 7. The summed E-state index contributed by atoms with van der Waals surface area (Å²) in [6.45, 7) is 16.7. The number of nitrogens with zero attached hydrogens (tertiary/aromatic N) is 4. The van der Waals surface area contributed by atoms with Crippen LogP contribution in [0, 0.1) is 24.5 Å². The minimum absolute atomic E-state index is 0.500. The smallest absolute Gasteiger partial charge is 0.210 e. The van der Waals surface area contributed by atoms with Crippen LogP contribution in [0.4, 0.5) is 11.4 Å². The van der Waals surface area contributed by atoms with Crippen molar-refractivity contribution in [1.82, 2.24) is 4.57 Å². The molecule has 0 radical (unpaired) electrons. The zero-order valence-electron chi connectivity index (χ0n) is 27.0. The Labute approximate surface area is 292 Å². The van der Waals surface area contributed by atoms with Crippen molar-refractivity contribution in [2.24, 2.45) is 0 Å². The summed E-state index contributed by atoms with van der Waals surface area (Å²) in [7, 11) is -3.02. The fraction of sp³-hybridized carbons (Fsp3) is 0. The quantitative estimate of drug-likeness (QED) is 0.101. The summed E-state index contributed by atoms with van der Waals surface area (Å²) >= 11 is 0. The van der Waals surface area contributed by atoms with Crippen LogP contribution in [0.2, 0.25) is 0 Å². The number of hydrogen-bond acceptors (Lipinski definition) is 1. The van der Waals surface area contributed by atoms with Crippen molar-refractivity contribution >= 4 is 62.0 Å². The lowest BCUT2D eigenvalue weighted by Crippen LogP contribution is -2.75. The number of aromatic nitrogens is 1. The van der Waals surface area contributed by atoms with E-state index in [1.165, 1.54) is 15.6 Å². The van der Waals surface area contributed by atoms with Crippen LogP contribution in [-0.4, -0.2) is 12.6 Å². The summed E-state index contributed by atoms with van der Waals surface area (Å²) in [5.74, 6) is 0. The molecule has 0 aliphatic carbocycles. The van der Waals surface area contributed by atoms with Gasteiger partial charge in [0.1, 0.15) is 0 Å². The van der Waals surface area contributed by atoms with Crippen molar-refractivity contribution in [2.45, 2.75) is 0 Å². The van der Waals surface area contributed by atoms with Crippen LogP contribution in [-0.2, 0) is 0 Å². The van der Waals surface area contributed by atoms with Gasteiger partial charge in [0.2, 0.25) is 5.69 Å². The van der Waals surface area contributed by atoms with Crippen molar-refractivity contribution in [3.8, 4) is 22.9 Å². The molecule has 50 heavy (non-hydrogen) atoms. The largest absolute Gasteiger partial charge is 0.319 e. The maximum Gasteiger partial charge on any atom is 0.210 e. The highest BCUT2D eigenvalue weighted by Crippen LogP contribution is 2.39. The van der Waals surface area contributed by atoms with Gasteiger partial charge in [-0.05, 0) is 62.2 Å². The highest BCUT2D eigenvalue weighted by molar-refractivity contribution is 7.20. The second-order valence-electron chi connectivity index (χ2n) is 12.2. The van der Waals surface area contributed by atoms with Crippen LogP contribution in [0.3, 0.4) is 0 Å². The lowest BCUT2D eigenvalue weighted by atomic mass is 10.0. The van der Waals surface area contributed by atoms with Gasteiger partial charge in [0.15, 0.2) is 13.8 Å². The third kappa shape index (κ3) is 4.72. The van der Waals surface area contributed by atoms with E-state index in [2.05, 4.69) is 136 Å². The summed E-state index contributed by atoms with van der Waals surface area (Å²) in [5, 5.41) is 16.4. The molecule has 0 amide bonds. The fourth-order valence-electron chi connectivity index (χ4n) is 7.53. The lowest BCUT2D eigenvalue weighted by Gasteiger charge is -2.36. The van der Waals surface area contributed by atoms with Gasteiger partial charge in [-0.15, -0.1) is 0 Å². The molecule has 232 valence electrons. The Morgan fingerprint density at radius 1 is 0.520 bits per heavy atom. The fourth-order valence-corrected chi connectivity index (χ4v) is 12.5. The Bertz CT molecular complexity index is 2580. The zero-order chi connectivity index (χ0) is 34.1. The van der Waals surface area contributed by atoms with Crippen LogP contribution in [0.1, 0.15) is 5.56 Å². The maximum atomic E-state index is 9.71. The second-order valence-corrected chi connectivity index (χ2v) is 15.9. The molecule has 0 fully saturated rings. The molecule has 0 N–H and O–H groups in total. The van der Waals surface area contributed by atoms with Crippen LogP contribution in [0.5, 0.6) is 0 Å². The van der Waals surface area contributed by atoms with Crippen molar-refractivity contribution < 1.29 is 0 Å². The third-order valence-corrected chi connectivity index (χ3v) is 14.4. The van der Waals surface area contributed by atoms with Gasteiger partial charge in [-0.1, -0.05) is 140 Å². The first-order valence-corrected chi connectivity index (χ1v) is 18.3. The van der Waals surface area contributed by atoms with Crippen molar-refractivity contribution in [3.05, 3.63) is 198 Å². The Hall–Kier alpha value is -6.97. The number of para-hydroxylation sites is 1. The molecule has 1 aromatic heterocycles. The molecule has 0 saturated heterocycles. The zero-order valence-corrected chi connectivity index (χ0v) is 28.0. The number of hydrogen-bond donors (Lipinski definition) is 0. The Morgan fingerprint density at radius 3 is 1.70 bits per heavy atom. The molecule has 0 spiro atoms. The third-order valence-electron chi connectivity index (χ3n) is 9.61. The standard InChI is InChI=1S/C45H28N4Si/c1-47-39-27-26-33(30-43(39)49-41-23-13-12-21-37(41)38-29-32(31-46)25-28-42(38)49)45-40(48-2)22-14-24-44(45)50(34-15-6-3-7-16-34,35-17-8-4-9-18-35)36-19-10-5-11-20-36/h3-30H. The molecule has 1 heterocycles. The van der Waals surface area contributed by atoms with Crippen LogP contribution in [0.15, 0.2) is 170 Å². The van der Waals surface area contributed by atoms with E-state index in [0.717, 1.165) is 43.8 Å². The first kappa shape index (κ1) is 30.4. The number of fused-ring (bicyclic) bond motifs is 3. The average molecular weight is 653 g/mol. The van der Waals surface area contributed by atoms with Crippen molar-refractivity contribution in [1.29, 1.82) is 5.26 Å². The topological polar surface area (TPSA) is 37.4 Å². The van der Waals surface area contributed by atoms with Gasteiger partial charge >= 0.3 is 0 Å².